The van der Waals surface area contributed by atoms with E-state index in [0.29, 0.717) is 17.9 Å². The van der Waals surface area contributed by atoms with Crippen molar-refractivity contribution in [1.29, 1.82) is 0 Å². The molecule has 0 aliphatic carbocycles. The molecule has 0 saturated carbocycles. The second-order valence-electron chi connectivity index (χ2n) is 8.20. The van der Waals surface area contributed by atoms with Gasteiger partial charge < -0.3 is 20.1 Å². The van der Waals surface area contributed by atoms with Crippen LogP contribution in [0, 0.1) is 6.92 Å². The number of amides is 2. The molecule has 35 heavy (non-hydrogen) atoms. The molecule has 0 unspecified atom stereocenters. The van der Waals surface area contributed by atoms with Crippen molar-refractivity contribution >= 4 is 23.5 Å². The fraction of sp³-hybridized carbons (Fsp3) is 0.250. The van der Waals surface area contributed by atoms with Gasteiger partial charge in [-0.25, -0.2) is 0 Å². The molecular weight excluding hydrogens is 444 g/mol. The lowest BCUT2D eigenvalue weighted by molar-refractivity contribution is -0.148. The van der Waals surface area contributed by atoms with Crippen LogP contribution in [0.25, 0.3) is 0 Å². The molecule has 0 fully saturated rings. The lowest BCUT2D eigenvalue weighted by Crippen LogP contribution is -2.31. The van der Waals surface area contributed by atoms with Crippen molar-refractivity contribution in [2.75, 3.05) is 11.9 Å². The number of esters is 1. The first-order valence-electron chi connectivity index (χ1n) is 11.5. The van der Waals surface area contributed by atoms with Gasteiger partial charge in [-0.3, -0.25) is 14.4 Å². The van der Waals surface area contributed by atoms with E-state index in [4.69, 9.17) is 9.47 Å². The average molecular weight is 475 g/mol. The van der Waals surface area contributed by atoms with Crippen LogP contribution >= 0.6 is 0 Å². The van der Waals surface area contributed by atoms with E-state index in [-0.39, 0.29) is 37.3 Å². The highest BCUT2D eigenvalue weighted by atomic mass is 16.5. The zero-order valence-electron chi connectivity index (χ0n) is 20.0. The largest absolute Gasteiger partial charge is 0.457 e. The van der Waals surface area contributed by atoms with Crippen LogP contribution in [-0.2, 0) is 19.1 Å². The summed E-state index contributed by atoms with van der Waals surface area (Å²) in [5.74, 6) is 0.304. The molecular formula is C28H30N2O5. The Balaban J connectivity index is 1.31. The Bertz CT molecular complexity index is 1110. The van der Waals surface area contributed by atoms with Gasteiger partial charge in [0, 0.05) is 18.5 Å². The summed E-state index contributed by atoms with van der Waals surface area (Å²) < 4.78 is 10.8. The van der Waals surface area contributed by atoms with E-state index in [9.17, 15) is 14.4 Å². The summed E-state index contributed by atoms with van der Waals surface area (Å²) in [6, 6.07) is 24.1. The number of hydrogen-bond acceptors (Lipinski definition) is 5. The monoisotopic (exact) mass is 474 g/mol. The molecule has 3 rings (SSSR count). The maximum atomic E-state index is 12.2. The highest BCUT2D eigenvalue weighted by Gasteiger charge is 2.12. The van der Waals surface area contributed by atoms with Crippen LogP contribution in [0.2, 0.25) is 0 Å². The third-order valence-electron chi connectivity index (χ3n) is 5.22. The van der Waals surface area contributed by atoms with E-state index in [1.807, 2.05) is 68.4 Å². The summed E-state index contributed by atoms with van der Waals surface area (Å²) in [5, 5.41) is 5.57. The molecule has 2 N–H and O–H groups in total. The van der Waals surface area contributed by atoms with Crippen LogP contribution in [0.15, 0.2) is 78.9 Å². The van der Waals surface area contributed by atoms with Crippen LogP contribution in [0.4, 0.5) is 5.69 Å². The summed E-state index contributed by atoms with van der Waals surface area (Å²) in [4.78, 5) is 36.1. The molecule has 7 heteroatoms. The number of carbonyl (C=O) groups is 3. The Hall–Kier alpha value is -4.13. The SMILES string of the molecule is Cc1ccc(Oc2ccc(NC(=O)CCCC(=O)OCC(=O)N[C@@H](C)c3ccccc3)cc2)cc1. The molecule has 0 saturated heterocycles. The Kier molecular flexibility index (Phi) is 9.42. The Labute approximate surface area is 205 Å². The van der Waals surface area contributed by atoms with Gasteiger partial charge in [-0.05, 0) is 62.2 Å². The van der Waals surface area contributed by atoms with Gasteiger partial charge in [-0.2, -0.15) is 0 Å². The summed E-state index contributed by atoms with van der Waals surface area (Å²) in [6.07, 6.45) is 0.535. The normalized spacial score (nSPS) is 11.3. The molecule has 0 spiro atoms. The zero-order chi connectivity index (χ0) is 25.0. The van der Waals surface area contributed by atoms with Crippen molar-refractivity contribution in [1.82, 2.24) is 5.32 Å². The maximum absolute atomic E-state index is 12.2. The first kappa shape index (κ1) is 25.5. The predicted molar refractivity (Wildman–Crippen MR) is 134 cm³/mol. The summed E-state index contributed by atoms with van der Waals surface area (Å²) in [6.45, 7) is 3.52. The van der Waals surface area contributed by atoms with Gasteiger partial charge in [-0.15, -0.1) is 0 Å². The van der Waals surface area contributed by atoms with Crippen LogP contribution in [0.1, 0.15) is 43.4 Å². The Morgan fingerprint density at radius 2 is 1.43 bits per heavy atom. The molecule has 0 radical (unpaired) electrons. The average Bonchev–Trinajstić information content (AvgIpc) is 2.86. The number of nitrogens with one attached hydrogen (secondary N) is 2. The highest BCUT2D eigenvalue weighted by molar-refractivity contribution is 5.91. The van der Waals surface area contributed by atoms with Gasteiger partial charge in [0.25, 0.3) is 5.91 Å². The van der Waals surface area contributed by atoms with Gasteiger partial charge in [0.2, 0.25) is 5.91 Å². The van der Waals surface area contributed by atoms with Crippen molar-refractivity contribution in [2.45, 2.75) is 39.2 Å². The molecule has 0 aromatic heterocycles. The molecule has 182 valence electrons. The van der Waals surface area contributed by atoms with Gasteiger partial charge in [0.05, 0.1) is 6.04 Å². The number of rotatable bonds is 11. The minimum absolute atomic E-state index is 0.0538. The number of aryl methyl sites for hydroxylation is 1. The topological polar surface area (TPSA) is 93.7 Å². The number of hydrogen-bond donors (Lipinski definition) is 2. The first-order chi connectivity index (χ1) is 16.9. The molecule has 0 heterocycles. The van der Waals surface area contributed by atoms with Gasteiger partial charge in [0.1, 0.15) is 11.5 Å². The van der Waals surface area contributed by atoms with Crippen molar-refractivity contribution in [3.63, 3.8) is 0 Å². The molecule has 3 aromatic rings. The Morgan fingerprint density at radius 3 is 2.09 bits per heavy atom. The highest BCUT2D eigenvalue weighted by Crippen LogP contribution is 2.23. The third kappa shape index (κ3) is 8.97. The molecule has 2 amide bonds. The van der Waals surface area contributed by atoms with E-state index < -0.39 is 5.97 Å². The minimum atomic E-state index is -0.516. The van der Waals surface area contributed by atoms with Crippen LogP contribution < -0.4 is 15.4 Å². The molecule has 0 aliphatic rings. The lowest BCUT2D eigenvalue weighted by atomic mass is 10.1. The van der Waals surface area contributed by atoms with Crippen LogP contribution in [0.5, 0.6) is 11.5 Å². The predicted octanol–water partition coefficient (Wildman–Crippen LogP) is 5.32. The zero-order valence-corrected chi connectivity index (χ0v) is 20.0. The fourth-order valence-electron chi connectivity index (χ4n) is 3.29. The fourth-order valence-corrected chi connectivity index (χ4v) is 3.29. The second-order valence-corrected chi connectivity index (χ2v) is 8.20. The third-order valence-corrected chi connectivity index (χ3v) is 5.22. The molecule has 3 aromatic carbocycles. The molecule has 1 atom stereocenters. The van der Waals surface area contributed by atoms with E-state index >= 15 is 0 Å². The molecule has 7 nitrogen and oxygen atoms in total. The van der Waals surface area contributed by atoms with Crippen molar-refractivity contribution in [3.8, 4) is 11.5 Å². The summed E-state index contributed by atoms with van der Waals surface area (Å²) in [7, 11) is 0. The Morgan fingerprint density at radius 1 is 0.800 bits per heavy atom. The number of anilines is 1. The minimum Gasteiger partial charge on any atom is -0.457 e. The van der Waals surface area contributed by atoms with Gasteiger partial charge in [0.15, 0.2) is 6.61 Å². The quantitative estimate of drug-likeness (QED) is 0.367. The second kappa shape index (κ2) is 12.9. The summed E-state index contributed by atoms with van der Waals surface area (Å²) >= 11 is 0. The standard InChI is InChI=1S/C28H30N2O5/c1-20-11-15-24(16-12-20)35-25-17-13-23(14-18-25)30-26(31)9-6-10-28(33)34-19-27(32)29-21(2)22-7-4-3-5-8-22/h3-5,7-8,11-18,21H,6,9-10,19H2,1-2H3,(H,29,32)(H,30,31)/t21-/m0/s1. The van der Waals surface area contributed by atoms with Crippen molar-refractivity contribution < 1.29 is 23.9 Å². The number of ether oxygens (including phenoxy) is 2. The van der Waals surface area contributed by atoms with Crippen molar-refractivity contribution in [3.05, 3.63) is 90.0 Å². The molecule has 0 bridgehead atoms. The number of carbonyl (C=O) groups excluding carboxylic acids is 3. The van der Waals surface area contributed by atoms with Gasteiger partial charge >= 0.3 is 5.97 Å². The molecule has 0 aliphatic heterocycles. The number of benzene rings is 3. The van der Waals surface area contributed by atoms with Gasteiger partial charge in [-0.1, -0.05) is 48.0 Å². The van der Waals surface area contributed by atoms with Crippen LogP contribution in [-0.4, -0.2) is 24.4 Å². The summed E-state index contributed by atoms with van der Waals surface area (Å²) in [5.41, 5.74) is 2.76. The maximum Gasteiger partial charge on any atom is 0.306 e. The van der Waals surface area contributed by atoms with Crippen LogP contribution in [0.3, 0.4) is 0 Å². The lowest BCUT2D eigenvalue weighted by Gasteiger charge is -2.14. The first-order valence-corrected chi connectivity index (χ1v) is 11.5. The van der Waals surface area contributed by atoms with Crippen molar-refractivity contribution in [2.24, 2.45) is 0 Å². The van der Waals surface area contributed by atoms with E-state index in [2.05, 4.69) is 10.6 Å². The smallest absolute Gasteiger partial charge is 0.306 e. The van der Waals surface area contributed by atoms with E-state index in [1.54, 1.807) is 24.3 Å². The van der Waals surface area contributed by atoms with E-state index in [0.717, 1.165) is 16.9 Å². The van der Waals surface area contributed by atoms with E-state index in [1.165, 1.54) is 0 Å².